The van der Waals surface area contributed by atoms with Crippen molar-refractivity contribution in [1.82, 2.24) is 4.98 Å². The largest absolute Gasteiger partial charge is 0.707 e. The molecule has 1 heterocycles. The average Bonchev–Trinajstić information content (AvgIpc) is 2.73. The number of hydrogen-bond donors (Lipinski definition) is 2. The molecular weight excluding hydrogens is 349 g/mol. The molecule has 4 aromatic carbocycles. The van der Waals surface area contributed by atoms with Crippen molar-refractivity contribution in [2.24, 2.45) is 0 Å². The van der Waals surface area contributed by atoms with Crippen LogP contribution in [0, 0.1) is 0 Å². The highest BCUT2D eigenvalue weighted by Gasteiger charge is 2.15. The topological polar surface area (TPSA) is 62.6 Å². The molecule has 0 bridgehead atoms. The van der Waals surface area contributed by atoms with Gasteiger partial charge < -0.3 is 14.7 Å². The summed E-state index contributed by atoms with van der Waals surface area (Å²) in [6.45, 7) is 0. The fourth-order valence-corrected chi connectivity index (χ4v) is 3.29. The summed E-state index contributed by atoms with van der Waals surface area (Å²) in [5.74, 6) is 0.466. The lowest BCUT2D eigenvalue weighted by atomic mass is 9.97. The molecule has 0 amide bonds. The molecule has 2 N–H and O–H groups in total. The van der Waals surface area contributed by atoms with Crippen LogP contribution >= 0.6 is 0 Å². The Morgan fingerprint density at radius 2 is 1.32 bits per heavy atom. The van der Waals surface area contributed by atoms with Gasteiger partial charge in [0.1, 0.15) is 5.75 Å². The van der Waals surface area contributed by atoms with E-state index in [0.717, 1.165) is 26.9 Å². The summed E-state index contributed by atoms with van der Waals surface area (Å²) >= 11 is 0. The Bertz CT molecular complexity index is 1200. The van der Waals surface area contributed by atoms with Crippen LogP contribution in [0.4, 0.5) is 0 Å². The van der Waals surface area contributed by atoms with E-state index in [0.29, 0.717) is 5.75 Å². The van der Waals surface area contributed by atoms with Crippen molar-refractivity contribution < 1.29 is 14.7 Å². The lowest BCUT2D eigenvalue weighted by Crippen LogP contribution is -2.20. The number of nitrogens with zero attached hydrogens (tertiary/aromatic N) is 1. The van der Waals surface area contributed by atoms with Gasteiger partial charge in [-0.05, 0) is 57.3 Å². The number of aromatic nitrogens is 1. The van der Waals surface area contributed by atoms with E-state index < -0.39 is 7.32 Å². The van der Waals surface area contributed by atoms with Gasteiger partial charge in [0.05, 0.1) is 0 Å². The van der Waals surface area contributed by atoms with Crippen molar-refractivity contribution >= 4 is 39.6 Å². The van der Waals surface area contributed by atoms with Gasteiger partial charge in [-0.1, -0.05) is 54.6 Å². The molecule has 0 radical (unpaired) electrons. The van der Waals surface area contributed by atoms with Gasteiger partial charge in [-0.2, -0.15) is 0 Å². The monoisotopic (exact) mass is 367 g/mol. The Kier molecular flexibility index (Phi) is 5.19. The fraction of sp³-hybridized carbons (Fsp3) is 0. The molecule has 0 aliphatic rings. The first-order valence-electron chi connectivity index (χ1n) is 8.94. The normalized spacial score (nSPS) is 10.5. The van der Waals surface area contributed by atoms with Crippen LogP contribution < -0.4 is 4.65 Å². The molecular formula is C23H18BNO3. The van der Waals surface area contributed by atoms with Crippen molar-refractivity contribution in [3.63, 3.8) is 0 Å². The SMILES string of the molecule is OB(O)Oc1cccc2ccc3cc4ccccc4cc3c12.c1ccncc1. The minimum absolute atomic E-state index is 0.466. The van der Waals surface area contributed by atoms with Crippen LogP contribution in [0.5, 0.6) is 5.75 Å². The quantitative estimate of drug-likeness (QED) is 0.272. The Morgan fingerprint density at radius 3 is 1.96 bits per heavy atom. The number of fused-ring (bicyclic) bond motifs is 4. The molecule has 0 saturated heterocycles. The van der Waals surface area contributed by atoms with Crippen LogP contribution in [0.3, 0.4) is 0 Å². The van der Waals surface area contributed by atoms with Crippen molar-refractivity contribution in [2.75, 3.05) is 0 Å². The minimum Gasteiger partial charge on any atom is -0.511 e. The molecule has 0 aliphatic carbocycles. The standard InChI is InChI=1S/C18H13BO3.C5H5N/c20-19(21)22-17-7-3-6-12-8-9-15-10-13-4-1-2-5-14(13)11-16(15)18(12)17;1-2-4-6-5-3-1/h1-11,20-21H;1-5H. The molecule has 0 unspecified atom stereocenters. The van der Waals surface area contributed by atoms with Crippen LogP contribution in [-0.2, 0) is 0 Å². The van der Waals surface area contributed by atoms with E-state index in [1.165, 1.54) is 5.39 Å². The zero-order valence-electron chi connectivity index (χ0n) is 15.1. The van der Waals surface area contributed by atoms with Gasteiger partial charge in [-0.25, -0.2) is 0 Å². The van der Waals surface area contributed by atoms with Gasteiger partial charge in [0.2, 0.25) is 0 Å². The lowest BCUT2D eigenvalue weighted by molar-refractivity contribution is 0.289. The summed E-state index contributed by atoms with van der Waals surface area (Å²) in [6.07, 6.45) is 3.50. The summed E-state index contributed by atoms with van der Waals surface area (Å²) < 4.78 is 5.16. The molecule has 0 spiro atoms. The van der Waals surface area contributed by atoms with E-state index >= 15 is 0 Å². The highest BCUT2D eigenvalue weighted by atomic mass is 16.6. The second-order valence-electron chi connectivity index (χ2n) is 6.31. The summed E-state index contributed by atoms with van der Waals surface area (Å²) in [7, 11) is -1.83. The average molecular weight is 367 g/mol. The zero-order valence-corrected chi connectivity index (χ0v) is 15.1. The first-order valence-corrected chi connectivity index (χ1v) is 8.94. The lowest BCUT2D eigenvalue weighted by Gasteiger charge is -2.12. The number of benzene rings is 4. The van der Waals surface area contributed by atoms with Crippen molar-refractivity contribution in [2.45, 2.75) is 0 Å². The van der Waals surface area contributed by atoms with Crippen molar-refractivity contribution in [3.05, 3.63) is 97.3 Å². The Morgan fingerprint density at radius 1 is 0.643 bits per heavy atom. The van der Waals surface area contributed by atoms with Crippen LogP contribution in [0.1, 0.15) is 0 Å². The molecule has 5 aromatic rings. The van der Waals surface area contributed by atoms with Gasteiger partial charge >= 0.3 is 7.32 Å². The third-order valence-corrected chi connectivity index (χ3v) is 4.49. The zero-order chi connectivity index (χ0) is 19.3. The third kappa shape index (κ3) is 3.81. The first kappa shape index (κ1) is 18.0. The van der Waals surface area contributed by atoms with Crippen molar-refractivity contribution in [1.29, 1.82) is 0 Å². The molecule has 136 valence electrons. The van der Waals surface area contributed by atoms with E-state index in [9.17, 15) is 0 Å². The Balaban J connectivity index is 0.000000275. The molecule has 28 heavy (non-hydrogen) atoms. The highest BCUT2D eigenvalue weighted by Crippen LogP contribution is 2.35. The minimum atomic E-state index is -1.83. The molecule has 4 nitrogen and oxygen atoms in total. The predicted molar refractivity (Wildman–Crippen MR) is 114 cm³/mol. The first-order chi connectivity index (χ1) is 13.7. The van der Waals surface area contributed by atoms with E-state index in [1.54, 1.807) is 18.5 Å². The summed E-state index contributed by atoms with van der Waals surface area (Å²) in [5, 5.41) is 24.6. The predicted octanol–water partition coefficient (Wildman–Crippen LogP) is 4.58. The third-order valence-electron chi connectivity index (χ3n) is 4.49. The van der Waals surface area contributed by atoms with Gasteiger partial charge in [0.25, 0.3) is 0 Å². The van der Waals surface area contributed by atoms with Gasteiger partial charge in [-0.15, -0.1) is 0 Å². The second kappa shape index (κ2) is 8.09. The maximum absolute atomic E-state index is 9.14. The Labute approximate surface area is 162 Å². The van der Waals surface area contributed by atoms with Crippen LogP contribution in [0.2, 0.25) is 0 Å². The molecule has 1 aromatic heterocycles. The van der Waals surface area contributed by atoms with Crippen LogP contribution in [0.15, 0.2) is 97.3 Å². The molecule has 5 heteroatoms. The second-order valence-corrected chi connectivity index (χ2v) is 6.31. The van der Waals surface area contributed by atoms with Crippen molar-refractivity contribution in [3.8, 4) is 5.75 Å². The maximum Gasteiger partial charge on any atom is 0.707 e. The van der Waals surface area contributed by atoms with E-state index in [-0.39, 0.29) is 0 Å². The number of pyridine rings is 1. The van der Waals surface area contributed by atoms with E-state index in [1.807, 2.05) is 48.5 Å². The Hall–Kier alpha value is -3.41. The van der Waals surface area contributed by atoms with Gasteiger partial charge in [-0.3, -0.25) is 4.98 Å². The fourth-order valence-electron chi connectivity index (χ4n) is 3.29. The molecule has 5 rings (SSSR count). The maximum atomic E-state index is 9.14. The summed E-state index contributed by atoms with van der Waals surface area (Å²) in [4.78, 5) is 3.78. The summed E-state index contributed by atoms with van der Waals surface area (Å²) in [5.41, 5.74) is 0. The van der Waals surface area contributed by atoms with Crippen LogP contribution in [0.25, 0.3) is 32.3 Å². The molecule has 0 fully saturated rings. The molecule has 0 atom stereocenters. The van der Waals surface area contributed by atoms with E-state index in [2.05, 4.69) is 35.3 Å². The van der Waals surface area contributed by atoms with Gasteiger partial charge in [0, 0.05) is 17.8 Å². The number of hydrogen-bond acceptors (Lipinski definition) is 4. The summed E-state index contributed by atoms with van der Waals surface area (Å²) in [6, 6.07) is 27.8. The van der Waals surface area contributed by atoms with Crippen LogP contribution in [-0.4, -0.2) is 22.4 Å². The van der Waals surface area contributed by atoms with Gasteiger partial charge in [0.15, 0.2) is 0 Å². The molecule has 0 saturated carbocycles. The van der Waals surface area contributed by atoms with E-state index in [4.69, 9.17) is 14.7 Å². The highest BCUT2D eigenvalue weighted by molar-refractivity contribution is 6.34. The molecule has 0 aliphatic heterocycles. The number of rotatable bonds is 2. The smallest absolute Gasteiger partial charge is 0.511 e.